The number of aromatic nitrogens is 2. The maximum Gasteiger partial charge on any atom is 0.211 e. The highest BCUT2D eigenvalue weighted by Gasteiger charge is 2.40. The number of benzene rings is 2. The minimum Gasteiger partial charge on any atom is -0.495 e. The topological polar surface area (TPSA) is 80.7 Å². The second kappa shape index (κ2) is 9.59. The van der Waals surface area contributed by atoms with Crippen LogP contribution in [-0.4, -0.2) is 41.0 Å². The van der Waals surface area contributed by atoms with Gasteiger partial charge in [-0.15, -0.1) is 0 Å². The third kappa shape index (κ3) is 4.35. The lowest BCUT2D eigenvalue weighted by Crippen LogP contribution is -2.55. The van der Waals surface area contributed by atoms with Gasteiger partial charge in [-0.05, 0) is 56.0 Å². The largest absolute Gasteiger partial charge is 0.495 e. The summed E-state index contributed by atoms with van der Waals surface area (Å²) in [4.78, 5) is 11.3. The van der Waals surface area contributed by atoms with Gasteiger partial charge in [-0.1, -0.05) is 29.8 Å². The van der Waals surface area contributed by atoms with E-state index < -0.39 is 5.79 Å². The van der Waals surface area contributed by atoms with Gasteiger partial charge in [0.1, 0.15) is 28.9 Å². The zero-order valence-corrected chi connectivity index (χ0v) is 21.4. The maximum absolute atomic E-state index is 13.7. The first-order valence-electron chi connectivity index (χ1n) is 12.1. The summed E-state index contributed by atoms with van der Waals surface area (Å²) >= 11 is 6.03. The van der Waals surface area contributed by atoms with Crippen molar-refractivity contribution in [2.75, 3.05) is 20.7 Å². The van der Waals surface area contributed by atoms with Gasteiger partial charge in [-0.25, -0.2) is 14.4 Å². The predicted molar refractivity (Wildman–Crippen MR) is 140 cm³/mol. The van der Waals surface area contributed by atoms with E-state index in [4.69, 9.17) is 27.1 Å². The predicted octanol–water partition coefficient (Wildman–Crippen LogP) is 4.92. The summed E-state index contributed by atoms with van der Waals surface area (Å²) in [5.41, 5.74) is 11.9. The number of methoxy groups -OCH3 is 1. The van der Waals surface area contributed by atoms with Gasteiger partial charge in [0.15, 0.2) is 0 Å². The smallest absolute Gasteiger partial charge is 0.211 e. The van der Waals surface area contributed by atoms with Crippen LogP contribution in [0.3, 0.4) is 0 Å². The van der Waals surface area contributed by atoms with Crippen molar-refractivity contribution in [2.24, 2.45) is 10.7 Å². The van der Waals surface area contributed by atoms with Crippen LogP contribution in [-0.2, 0) is 5.79 Å². The summed E-state index contributed by atoms with van der Waals surface area (Å²) in [5.74, 6) is 0.110. The van der Waals surface area contributed by atoms with Crippen LogP contribution in [0.25, 0.3) is 5.69 Å². The molecular formula is C27H30ClFN6O. The highest BCUT2D eigenvalue weighted by Crippen LogP contribution is 2.42. The van der Waals surface area contributed by atoms with Gasteiger partial charge < -0.3 is 19.5 Å². The Labute approximate surface area is 215 Å². The van der Waals surface area contributed by atoms with Gasteiger partial charge in [0.2, 0.25) is 5.79 Å². The average molecular weight is 509 g/mol. The summed E-state index contributed by atoms with van der Waals surface area (Å²) in [5, 5.41) is 3.98. The standard InChI is InChI=1S/C27H30ClFN6O/c1-4-34(2)26-21-7-5-6-20(17-8-11-19(29)12-9-17)25(21)32-27(30,33-26)18-10-13-22(23(14-18)36-3)35-15-24(28)31-16-35/h8-16,20,32H,4-7,30H2,1-3H3. The molecule has 2 aromatic carbocycles. The molecule has 0 spiro atoms. The van der Waals surface area contributed by atoms with Gasteiger partial charge in [0.25, 0.3) is 0 Å². The summed E-state index contributed by atoms with van der Waals surface area (Å²) in [6.07, 6.45) is 6.22. The number of amidine groups is 1. The minimum absolute atomic E-state index is 0.0716. The Bertz CT molecular complexity index is 1330. The molecule has 0 saturated carbocycles. The highest BCUT2D eigenvalue weighted by molar-refractivity contribution is 6.29. The van der Waals surface area contributed by atoms with Crippen LogP contribution in [0.2, 0.25) is 5.15 Å². The molecule has 188 valence electrons. The van der Waals surface area contributed by atoms with Crippen molar-refractivity contribution < 1.29 is 9.13 Å². The molecule has 5 rings (SSSR count). The zero-order valence-electron chi connectivity index (χ0n) is 20.6. The van der Waals surface area contributed by atoms with Crippen LogP contribution in [0.4, 0.5) is 4.39 Å². The van der Waals surface area contributed by atoms with Crippen molar-refractivity contribution in [1.29, 1.82) is 0 Å². The molecule has 3 N–H and O–H groups in total. The number of ether oxygens (including phenoxy) is 1. The number of rotatable bonds is 5. The van der Waals surface area contributed by atoms with E-state index in [1.54, 1.807) is 24.2 Å². The van der Waals surface area contributed by atoms with Gasteiger partial charge in [-0.3, -0.25) is 5.73 Å². The number of allylic oxidation sites excluding steroid dienone is 1. The fourth-order valence-corrected chi connectivity index (χ4v) is 5.17. The first-order valence-corrected chi connectivity index (χ1v) is 12.5. The van der Waals surface area contributed by atoms with Crippen molar-refractivity contribution in [3.05, 3.63) is 88.4 Å². The third-order valence-electron chi connectivity index (χ3n) is 7.03. The number of halogens is 2. The second-order valence-corrected chi connectivity index (χ2v) is 9.61. The van der Waals surface area contributed by atoms with Crippen molar-refractivity contribution in [3.8, 4) is 11.4 Å². The van der Waals surface area contributed by atoms with Crippen LogP contribution in [0.1, 0.15) is 43.2 Å². The second-order valence-electron chi connectivity index (χ2n) is 9.22. The molecule has 3 aromatic rings. The molecule has 0 radical (unpaired) electrons. The van der Waals surface area contributed by atoms with E-state index in [1.807, 2.05) is 37.4 Å². The molecule has 9 heteroatoms. The first-order chi connectivity index (χ1) is 17.3. The molecule has 7 nitrogen and oxygen atoms in total. The Hall–Kier alpha value is -3.36. The number of aliphatic imine (C=N–C) groups is 1. The van der Waals surface area contributed by atoms with E-state index in [0.29, 0.717) is 10.9 Å². The molecule has 2 atom stereocenters. The molecule has 2 aliphatic rings. The summed E-state index contributed by atoms with van der Waals surface area (Å²) in [6, 6.07) is 12.5. The van der Waals surface area contributed by atoms with E-state index in [9.17, 15) is 4.39 Å². The molecule has 0 saturated heterocycles. The molecule has 1 aliphatic carbocycles. The Kier molecular flexibility index (Phi) is 6.49. The monoisotopic (exact) mass is 508 g/mol. The third-order valence-corrected chi connectivity index (χ3v) is 7.22. The van der Waals surface area contributed by atoms with Gasteiger partial charge in [-0.2, -0.15) is 0 Å². The van der Waals surface area contributed by atoms with E-state index >= 15 is 0 Å². The first kappa shape index (κ1) is 24.3. The number of nitrogens with one attached hydrogen (secondary N) is 1. The van der Waals surface area contributed by atoms with Crippen LogP contribution in [0.5, 0.6) is 5.75 Å². The Morgan fingerprint density at radius 2 is 2.06 bits per heavy atom. The van der Waals surface area contributed by atoms with Crippen LogP contribution < -0.4 is 15.8 Å². The van der Waals surface area contributed by atoms with E-state index in [0.717, 1.165) is 59.7 Å². The fraction of sp³-hybridized carbons (Fsp3) is 0.333. The Balaban J connectivity index is 1.60. The van der Waals surface area contributed by atoms with Gasteiger partial charge in [0.05, 0.1) is 12.8 Å². The van der Waals surface area contributed by atoms with Crippen molar-refractivity contribution >= 4 is 17.4 Å². The number of nitrogens with two attached hydrogens (primary N) is 1. The quantitative estimate of drug-likeness (QED) is 0.511. The Morgan fingerprint density at radius 1 is 1.28 bits per heavy atom. The van der Waals surface area contributed by atoms with Crippen LogP contribution in [0.15, 0.2) is 71.3 Å². The molecule has 0 amide bonds. The molecule has 2 heterocycles. The summed E-state index contributed by atoms with van der Waals surface area (Å²) in [7, 11) is 3.65. The number of imidazole rings is 1. The van der Waals surface area contributed by atoms with Gasteiger partial charge in [0, 0.05) is 42.5 Å². The van der Waals surface area contributed by atoms with Crippen molar-refractivity contribution in [1.82, 2.24) is 19.8 Å². The lowest BCUT2D eigenvalue weighted by Gasteiger charge is -2.42. The molecule has 36 heavy (non-hydrogen) atoms. The average Bonchev–Trinajstić information content (AvgIpc) is 3.33. The lowest BCUT2D eigenvalue weighted by atomic mass is 9.80. The van der Waals surface area contributed by atoms with Gasteiger partial charge >= 0.3 is 0 Å². The zero-order chi connectivity index (χ0) is 25.4. The molecular weight excluding hydrogens is 479 g/mol. The van der Waals surface area contributed by atoms with Crippen LogP contribution in [0, 0.1) is 5.82 Å². The van der Waals surface area contributed by atoms with E-state index in [1.165, 1.54) is 12.1 Å². The molecule has 2 unspecified atom stereocenters. The van der Waals surface area contributed by atoms with Crippen LogP contribution >= 0.6 is 11.6 Å². The molecule has 0 bridgehead atoms. The SMILES string of the molecule is CCN(C)C1=NC(N)(c2ccc(-n3cnc(Cl)c3)c(OC)c2)NC2=C1CCCC2c1ccc(F)cc1. The number of likely N-dealkylation sites (N-methyl/N-ethyl adjacent to an activating group) is 1. The number of hydrogen-bond donors (Lipinski definition) is 2. The number of hydrogen-bond acceptors (Lipinski definition) is 6. The van der Waals surface area contributed by atoms with Crippen molar-refractivity contribution in [2.45, 2.75) is 37.9 Å². The molecule has 0 fully saturated rings. The van der Waals surface area contributed by atoms with E-state index in [2.05, 4.69) is 22.1 Å². The minimum atomic E-state index is -1.22. The van der Waals surface area contributed by atoms with E-state index in [-0.39, 0.29) is 11.7 Å². The normalized spacial score (nSPS) is 21.5. The summed E-state index contributed by atoms with van der Waals surface area (Å²) in [6.45, 7) is 2.88. The lowest BCUT2D eigenvalue weighted by molar-refractivity contribution is 0.348. The summed E-state index contributed by atoms with van der Waals surface area (Å²) < 4.78 is 21.2. The fourth-order valence-electron chi connectivity index (χ4n) is 5.02. The number of nitrogens with zero attached hydrogens (tertiary/aromatic N) is 4. The highest BCUT2D eigenvalue weighted by atomic mass is 35.5. The molecule has 1 aliphatic heterocycles. The Morgan fingerprint density at radius 3 is 2.72 bits per heavy atom. The van der Waals surface area contributed by atoms with Crippen molar-refractivity contribution in [3.63, 3.8) is 0 Å². The maximum atomic E-state index is 13.7. The molecule has 1 aromatic heterocycles.